The first-order valence-electron chi connectivity index (χ1n) is 20.1. The van der Waals surface area contributed by atoms with Crippen LogP contribution < -0.4 is 0 Å². The first kappa shape index (κ1) is 33.3. The molecule has 0 saturated heterocycles. The highest BCUT2D eigenvalue weighted by Crippen LogP contribution is 2.46. The Morgan fingerprint density at radius 2 is 0.881 bits per heavy atom. The number of para-hydroxylation sites is 1. The second-order valence-electron chi connectivity index (χ2n) is 15.4. The van der Waals surface area contributed by atoms with E-state index in [1.807, 2.05) is 30.6 Å². The Kier molecular flexibility index (Phi) is 7.54. The lowest BCUT2D eigenvalue weighted by Crippen LogP contribution is -1.94. The normalized spacial score (nSPS) is 11.7. The first-order chi connectivity index (χ1) is 29.3. The quantitative estimate of drug-likeness (QED) is 0.164. The number of aromatic nitrogens is 3. The Morgan fingerprint density at radius 3 is 1.56 bits per heavy atom. The van der Waals surface area contributed by atoms with Crippen LogP contribution in [0.1, 0.15) is 0 Å². The van der Waals surface area contributed by atoms with Gasteiger partial charge in [-0.2, -0.15) is 0 Å². The van der Waals surface area contributed by atoms with E-state index < -0.39 is 0 Å². The van der Waals surface area contributed by atoms with Gasteiger partial charge in [0.15, 0.2) is 0 Å². The molecule has 0 atom stereocenters. The summed E-state index contributed by atoms with van der Waals surface area (Å²) in [5.74, 6) is 0. The van der Waals surface area contributed by atoms with Gasteiger partial charge in [-0.15, -0.1) is 0 Å². The maximum Gasteiger partial charge on any atom is 0.0986 e. The Hall–Kier alpha value is -7.88. The van der Waals surface area contributed by atoms with Crippen LogP contribution >= 0.6 is 0 Å². The van der Waals surface area contributed by atoms with Crippen LogP contribution in [-0.2, 0) is 0 Å². The molecule has 12 aromatic rings. The fraction of sp³-hybridized carbons (Fsp3) is 0. The predicted octanol–water partition coefficient (Wildman–Crippen LogP) is 14.9. The summed E-state index contributed by atoms with van der Waals surface area (Å²) in [5.41, 5.74) is 12.3. The van der Waals surface area contributed by atoms with Gasteiger partial charge in [-0.25, -0.2) is 0 Å². The molecule has 274 valence electrons. The Labute approximate surface area is 341 Å². The zero-order valence-corrected chi connectivity index (χ0v) is 32.0. The standard InChI is InChI=1S/C56H35N3/c1-2-16-44(17-3-1)59-51-28-26-41(35-49(51)55-52(59)29-31-58-56(55)50-20-10-11-30-57-50)40-25-27-47-48(34-40)54(43-24-22-37-13-5-7-15-39(37)33-43)46-19-9-8-18-45(46)53(47)42-23-21-36-12-4-6-14-38(36)32-42/h1-35H. The van der Waals surface area contributed by atoms with Crippen molar-refractivity contribution >= 4 is 64.9 Å². The van der Waals surface area contributed by atoms with E-state index in [-0.39, 0.29) is 0 Å². The molecule has 3 heterocycles. The minimum atomic E-state index is 0.856. The third-order valence-electron chi connectivity index (χ3n) is 12.0. The largest absolute Gasteiger partial charge is 0.309 e. The van der Waals surface area contributed by atoms with Gasteiger partial charge in [0, 0.05) is 28.9 Å². The van der Waals surface area contributed by atoms with Crippen LogP contribution in [0, 0.1) is 0 Å². The van der Waals surface area contributed by atoms with E-state index in [9.17, 15) is 0 Å². The fourth-order valence-electron chi connectivity index (χ4n) is 9.37. The smallest absolute Gasteiger partial charge is 0.0986 e. The van der Waals surface area contributed by atoms with Gasteiger partial charge >= 0.3 is 0 Å². The van der Waals surface area contributed by atoms with Crippen LogP contribution in [0.15, 0.2) is 213 Å². The zero-order chi connectivity index (χ0) is 38.9. The van der Waals surface area contributed by atoms with E-state index in [0.29, 0.717) is 0 Å². The van der Waals surface area contributed by atoms with E-state index in [0.717, 1.165) is 50.0 Å². The van der Waals surface area contributed by atoms with Crippen molar-refractivity contribution < 1.29 is 0 Å². The number of hydrogen-bond donors (Lipinski definition) is 0. The van der Waals surface area contributed by atoms with Gasteiger partial charge in [0.05, 0.1) is 22.4 Å². The van der Waals surface area contributed by atoms with Gasteiger partial charge in [0.1, 0.15) is 0 Å². The predicted molar refractivity (Wildman–Crippen MR) is 248 cm³/mol. The summed E-state index contributed by atoms with van der Waals surface area (Å²) in [6.07, 6.45) is 3.75. The number of nitrogens with zero attached hydrogens (tertiary/aromatic N) is 3. The van der Waals surface area contributed by atoms with E-state index in [4.69, 9.17) is 9.97 Å². The maximum absolute atomic E-state index is 4.95. The molecule has 0 aliphatic carbocycles. The van der Waals surface area contributed by atoms with Gasteiger partial charge in [-0.05, 0) is 137 Å². The summed E-state index contributed by atoms with van der Waals surface area (Å²) in [6, 6.07) is 72.8. The minimum Gasteiger partial charge on any atom is -0.309 e. The molecule has 0 saturated carbocycles. The molecule has 0 aliphatic rings. The van der Waals surface area contributed by atoms with Crippen molar-refractivity contribution in [3.63, 3.8) is 0 Å². The van der Waals surface area contributed by atoms with Crippen molar-refractivity contribution in [1.82, 2.24) is 14.5 Å². The number of rotatable bonds is 5. The number of hydrogen-bond acceptors (Lipinski definition) is 2. The first-order valence-corrected chi connectivity index (χ1v) is 20.1. The molecule has 3 heteroatoms. The summed E-state index contributed by atoms with van der Waals surface area (Å²) in [5, 5.41) is 12.1. The Morgan fingerprint density at radius 1 is 0.322 bits per heavy atom. The van der Waals surface area contributed by atoms with Crippen molar-refractivity contribution in [2.45, 2.75) is 0 Å². The fourth-order valence-corrected chi connectivity index (χ4v) is 9.37. The molecule has 9 aromatic carbocycles. The van der Waals surface area contributed by atoms with Crippen molar-refractivity contribution in [2.24, 2.45) is 0 Å². The summed E-state index contributed by atoms with van der Waals surface area (Å²) in [4.78, 5) is 9.72. The average molecular weight is 750 g/mol. The maximum atomic E-state index is 4.95. The van der Waals surface area contributed by atoms with E-state index in [2.05, 4.69) is 187 Å². The Bertz CT molecular complexity index is 3600. The molecule has 3 aromatic heterocycles. The lowest BCUT2D eigenvalue weighted by Gasteiger charge is -2.19. The molecule has 59 heavy (non-hydrogen) atoms. The minimum absolute atomic E-state index is 0.856. The number of fused-ring (bicyclic) bond motifs is 7. The highest BCUT2D eigenvalue weighted by atomic mass is 15.0. The van der Waals surface area contributed by atoms with Gasteiger partial charge < -0.3 is 4.57 Å². The van der Waals surface area contributed by atoms with Crippen molar-refractivity contribution in [3.05, 3.63) is 213 Å². The second kappa shape index (κ2) is 13.4. The highest BCUT2D eigenvalue weighted by molar-refractivity contribution is 6.23. The van der Waals surface area contributed by atoms with E-state index in [1.165, 1.54) is 65.3 Å². The lowest BCUT2D eigenvalue weighted by molar-refractivity contribution is 1.17. The van der Waals surface area contributed by atoms with E-state index in [1.54, 1.807) is 0 Å². The highest BCUT2D eigenvalue weighted by Gasteiger charge is 2.21. The molecule has 0 radical (unpaired) electrons. The second-order valence-corrected chi connectivity index (χ2v) is 15.4. The Balaban J connectivity index is 1.16. The van der Waals surface area contributed by atoms with Crippen molar-refractivity contribution in [1.29, 1.82) is 0 Å². The van der Waals surface area contributed by atoms with Crippen LogP contribution in [0.3, 0.4) is 0 Å². The van der Waals surface area contributed by atoms with Crippen LogP contribution in [0.5, 0.6) is 0 Å². The molecule has 0 fully saturated rings. The third-order valence-corrected chi connectivity index (χ3v) is 12.0. The van der Waals surface area contributed by atoms with Gasteiger partial charge in [-0.3, -0.25) is 9.97 Å². The van der Waals surface area contributed by atoms with Crippen molar-refractivity contribution in [3.8, 4) is 50.5 Å². The van der Waals surface area contributed by atoms with Crippen LogP contribution in [0.4, 0.5) is 0 Å². The summed E-state index contributed by atoms with van der Waals surface area (Å²) in [7, 11) is 0. The molecular formula is C56H35N3. The van der Waals surface area contributed by atoms with Gasteiger partial charge in [0.2, 0.25) is 0 Å². The summed E-state index contributed by atoms with van der Waals surface area (Å²) in [6.45, 7) is 0. The average Bonchev–Trinajstić information content (AvgIpc) is 3.65. The third kappa shape index (κ3) is 5.36. The van der Waals surface area contributed by atoms with E-state index >= 15 is 0 Å². The molecule has 0 spiro atoms. The monoisotopic (exact) mass is 749 g/mol. The SMILES string of the molecule is c1ccc(-n2c3ccc(-c4ccc5c(-c6ccc7ccccc7c6)c6ccccc6c(-c6ccc7ccccc7c6)c5c4)cc3c3c(-c4ccccn4)nccc32)cc1. The molecular weight excluding hydrogens is 715 g/mol. The van der Waals surface area contributed by atoms with Crippen LogP contribution in [0.2, 0.25) is 0 Å². The lowest BCUT2D eigenvalue weighted by atomic mass is 9.84. The molecule has 0 bridgehead atoms. The molecule has 0 N–H and O–H groups in total. The van der Waals surface area contributed by atoms with Crippen LogP contribution in [-0.4, -0.2) is 14.5 Å². The molecule has 12 rings (SSSR count). The molecule has 0 aliphatic heterocycles. The summed E-state index contributed by atoms with van der Waals surface area (Å²) < 4.78 is 2.35. The molecule has 0 unspecified atom stereocenters. The van der Waals surface area contributed by atoms with Crippen LogP contribution in [0.25, 0.3) is 115 Å². The number of benzene rings is 9. The zero-order valence-electron chi connectivity index (χ0n) is 32.0. The molecule has 0 amide bonds. The number of pyridine rings is 2. The van der Waals surface area contributed by atoms with Crippen molar-refractivity contribution in [2.75, 3.05) is 0 Å². The van der Waals surface area contributed by atoms with Gasteiger partial charge in [0.25, 0.3) is 0 Å². The van der Waals surface area contributed by atoms with Gasteiger partial charge in [-0.1, -0.05) is 140 Å². The molecule has 3 nitrogen and oxygen atoms in total. The summed E-state index contributed by atoms with van der Waals surface area (Å²) >= 11 is 0. The topological polar surface area (TPSA) is 30.7 Å².